The van der Waals surface area contributed by atoms with E-state index in [1.54, 1.807) is 48.5 Å². The third-order valence-corrected chi connectivity index (χ3v) is 7.54. The van der Waals surface area contributed by atoms with Crippen LogP contribution in [0.25, 0.3) is 0 Å². The molecule has 180 valence electrons. The Hall–Kier alpha value is -2.76. The summed E-state index contributed by atoms with van der Waals surface area (Å²) in [6.07, 6.45) is 0. The number of rotatable bonds is 5. The molecule has 4 aromatic rings. The van der Waals surface area contributed by atoms with E-state index in [0.29, 0.717) is 16.7 Å². The molecule has 0 radical (unpaired) electrons. The van der Waals surface area contributed by atoms with E-state index in [0.717, 1.165) is 5.56 Å². The highest BCUT2D eigenvalue weighted by Gasteiger charge is 2.43. The largest absolute Gasteiger partial charge is 0.506 e. The number of hydrogen-bond donors (Lipinski definition) is 4. The van der Waals surface area contributed by atoms with Crippen molar-refractivity contribution >= 4 is 46.4 Å². The molecule has 0 heterocycles. The maximum Gasteiger partial charge on any atom is 0.134 e. The van der Waals surface area contributed by atoms with Gasteiger partial charge in [-0.2, -0.15) is 0 Å². The van der Waals surface area contributed by atoms with Gasteiger partial charge in [-0.3, -0.25) is 0 Å². The molecule has 0 saturated carbocycles. The van der Waals surface area contributed by atoms with Gasteiger partial charge in [0.1, 0.15) is 23.0 Å². The molecule has 0 bridgehead atoms. The van der Waals surface area contributed by atoms with Gasteiger partial charge in [-0.25, -0.2) is 0 Å². The van der Waals surface area contributed by atoms with Crippen molar-refractivity contribution in [2.45, 2.75) is 18.3 Å². The van der Waals surface area contributed by atoms with E-state index in [2.05, 4.69) is 0 Å². The minimum atomic E-state index is -1.05. The van der Waals surface area contributed by atoms with E-state index < -0.39 is 5.41 Å². The molecule has 8 heteroatoms. The van der Waals surface area contributed by atoms with Gasteiger partial charge >= 0.3 is 0 Å². The van der Waals surface area contributed by atoms with Crippen LogP contribution >= 0.6 is 46.4 Å². The second kappa shape index (κ2) is 9.71. The summed E-state index contributed by atoms with van der Waals surface area (Å²) in [6, 6.07) is 19.6. The van der Waals surface area contributed by atoms with Crippen LogP contribution in [0.4, 0.5) is 0 Å². The van der Waals surface area contributed by atoms with Gasteiger partial charge in [0.15, 0.2) is 0 Å². The van der Waals surface area contributed by atoms with E-state index in [4.69, 9.17) is 46.4 Å². The van der Waals surface area contributed by atoms with Gasteiger partial charge in [0.05, 0.1) is 25.5 Å². The molecule has 0 fully saturated rings. The number of aromatic hydroxyl groups is 4. The Kier molecular flexibility index (Phi) is 7.03. The van der Waals surface area contributed by atoms with Crippen LogP contribution in [-0.4, -0.2) is 20.4 Å². The molecule has 0 aliphatic heterocycles. The van der Waals surface area contributed by atoms with Gasteiger partial charge in [0.2, 0.25) is 0 Å². The second-order valence-corrected chi connectivity index (χ2v) is 9.87. The maximum absolute atomic E-state index is 10.1. The third-order valence-electron chi connectivity index (χ3n) is 6.33. The molecule has 0 aliphatic rings. The highest BCUT2D eigenvalue weighted by atomic mass is 35.5. The first kappa shape index (κ1) is 25.3. The molecule has 0 aliphatic carbocycles. The summed E-state index contributed by atoms with van der Waals surface area (Å²) in [5.74, 6) is -0.699. The molecular formula is C27H20Cl4O4. The van der Waals surface area contributed by atoms with Crippen LogP contribution in [-0.2, 0) is 5.41 Å². The molecule has 0 saturated heterocycles. The van der Waals surface area contributed by atoms with Crippen LogP contribution in [0.3, 0.4) is 0 Å². The van der Waals surface area contributed by atoms with Crippen molar-refractivity contribution in [2.24, 2.45) is 0 Å². The zero-order chi connectivity index (χ0) is 25.5. The summed E-state index contributed by atoms with van der Waals surface area (Å²) in [5.41, 5.74) is 1.76. The molecule has 0 spiro atoms. The fourth-order valence-electron chi connectivity index (χ4n) is 4.55. The summed E-state index contributed by atoms with van der Waals surface area (Å²) >= 11 is 25.4. The highest BCUT2D eigenvalue weighted by molar-refractivity contribution is 6.33. The van der Waals surface area contributed by atoms with Crippen LogP contribution in [0.5, 0.6) is 23.0 Å². The maximum atomic E-state index is 10.1. The molecule has 4 aromatic carbocycles. The van der Waals surface area contributed by atoms with E-state index >= 15 is 0 Å². The number of phenolic OH excluding ortho intramolecular Hbond substituents is 4. The molecule has 1 atom stereocenters. The number of benzene rings is 4. The van der Waals surface area contributed by atoms with Gasteiger partial charge in [-0.1, -0.05) is 77.6 Å². The Bertz CT molecular complexity index is 1300. The van der Waals surface area contributed by atoms with Crippen LogP contribution in [0.1, 0.15) is 35.1 Å². The lowest BCUT2D eigenvalue weighted by atomic mass is 9.60. The zero-order valence-electron chi connectivity index (χ0n) is 18.3. The van der Waals surface area contributed by atoms with Crippen molar-refractivity contribution in [1.82, 2.24) is 0 Å². The fraction of sp³-hybridized carbons (Fsp3) is 0.111. The average molecular weight is 550 g/mol. The Labute approximate surface area is 222 Å². The van der Waals surface area contributed by atoms with Crippen molar-refractivity contribution < 1.29 is 20.4 Å². The summed E-state index contributed by atoms with van der Waals surface area (Å²) in [7, 11) is 0. The van der Waals surface area contributed by atoms with Crippen molar-refractivity contribution in [1.29, 1.82) is 0 Å². The highest BCUT2D eigenvalue weighted by Crippen LogP contribution is 2.53. The van der Waals surface area contributed by atoms with Crippen LogP contribution in [0, 0.1) is 0 Å². The topological polar surface area (TPSA) is 80.9 Å². The zero-order valence-corrected chi connectivity index (χ0v) is 21.3. The molecule has 0 amide bonds. The fourth-order valence-corrected chi connectivity index (χ4v) is 5.28. The standard InChI is InChI=1S/C27H20Cl4O4/c1-14(15-2-6-23(32)19(28)10-15)27(16-3-7-24(33)20(29)11-16,17-4-8-25(34)21(30)12-17)18-5-9-26(35)22(31)13-18/h2-14,32-35H,1H3. The second-order valence-electron chi connectivity index (χ2n) is 8.24. The van der Waals surface area contributed by atoms with E-state index in [9.17, 15) is 20.4 Å². The summed E-state index contributed by atoms with van der Waals surface area (Å²) < 4.78 is 0. The van der Waals surface area contributed by atoms with Gasteiger partial charge in [-0.05, 0) is 76.7 Å². The van der Waals surface area contributed by atoms with Gasteiger partial charge in [0, 0.05) is 0 Å². The Morgan fingerprint density at radius 2 is 0.829 bits per heavy atom. The quantitative estimate of drug-likeness (QED) is 0.189. The summed E-state index contributed by atoms with van der Waals surface area (Å²) in [6.45, 7) is 1.96. The van der Waals surface area contributed by atoms with Crippen LogP contribution in [0.15, 0.2) is 72.8 Å². The monoisotopic (exact) mass is 548 g/mol. The lowest BCUT2D eigenvalue weighted by Crippen LogP contribution is -2.35. The predicted octanol–water partition coefficient (Wildman–Crippen LogP) is 8.26. The molecule has 1 unspecified atom stereocenters. The molecule has 4 nitrogen and oxygen atoms in total. The summed E-state index contributed by atoms with van der Waals surface area (Å²) in [5, 5.41) is 41.0. The van der Waals surface area contributed by atoms with E-state index in [1.165, 1.54) is 24.3 Å². The molecule has 4 N–H and O–H groups in total. The Morgan fingerprint density at radius 3 is 1.14 bits per heavy atom. The lowest BCUT2D eigenvalue weighted by molar-refractivity contribution is 0.465. The number of hydrogen-bond acceptors (Lipinski definition) is 4. The van der Waals surface area contributed by atoms with Crippen molar-refractivity contribution in [3.63, 3.8) is 0 Å². The third kappa shape index (κ3) is 4.48. The lowest BCUT2D eigenvalue weighted by Gasteiger charge is -2.42. The normalized spacial score (nSPS) is 12.5. The number of halogens is 4. The minimum Gasteiger partial charge on any atom is -0.506 e. The molecule has 35 heavy (non-hydrogen) atoms. The Balaban J connectivity index is 2.16. The van der Waals surface area contributed by atoms with Crippen LogP contribution in [0.2, 0.25) is 20.1 Å². The van der Waals surface area contributed by atoms with Crippen molar-refractivity contribution in [2.75, 3.05) is 0 Å². The SMILES string of the molecule is CC(c1ccc(O)c(Cl)c1)C(c1ccc(O)c(Cl)c1)(c1ccc(O)c(Cl)c1)c1ccc(O)c(Cl)c1. The first-order valence-corrected chi connectivity index (χ1v) is 12.0. The van der Waals surface area contributed by atoms with E-state index in [-0.39, 0.29) is 49.0 Å². The van der Waals surface area contributed by atoms with Crippen molar-refractivity contribution in [3.8, 4) is 23.0 Å². The van der Waals surface area contributed by atoms with Gasteiger partial charge in [-0.15, -0.1) is 0 Å². The minimum absolute atomic E-state index is 0.0544. The van der Waals surface area contributed by atoms with Crippen molar-refractivity contribution in [3.05, 3.63) is 115 Å². The van der Waals surface area contributed by atoms with E-state index in [1.807, 2.05) is 6.92 Å². The van der Waals surface area contributed by atoms with Crippen LogP contribution < -0.4 is 0 Å². The molecular weight excluding hydrogens is 530 g/mol. The summed E-state index contributed by atoms with van der Waals surface area (Å²) in [4.78, 5) is 0. The average Bonchev–Trinajstić information content (AvgIpc) is 2.82. The molecule has 0 aromatic heterocycles. The first-order valence-electron chi connectivity index (χ1n) is 10.5. The van der Waals surface area contributed by atoms with Gasteiger partial charge in [0.25, 0.3) is 0 Å². The smallest absolute Gasteiger partial charge is 0.134 e. The van der Waals surface area contributed by atoms with Gasteiger partial charge < -0.3 is 20.4 Å². The Morgan fingerprint density at radius 1 is 0.514 bits per heavy atom. The number of phenols is 4. The predicted molar refractivity (Wildman–Crippen MR) is 141 cm³/mol. The first-order chi connectivity index (χ1) is 16.5. The molecule has 4 rings (SSSR count).